The zero-order valence-corrected chi connectivity index (χ0v) is 11.2. The van der Waals surface area contributed by atoms with Crippen LogP contribution >= 0.6 is 11.3 Å². The first-order valence-corrected chi connectivity index (χ1v) is 6.63. The van der Waals surface area contributed by atoms with Gasteiger partial charge in [0.25, 0.3) is 0 Å². The van der Waals surface area contributed by atoms with Crippen LogP contribution in [0.25, 0.3) is 10.2 Å². The predicted molar refractivity (Wildman–Crippen MR) is 71.9 cm³/mol. The van der Waals surface area contributed by atoms with Gasteiger partial charge < -0.3 is 10.1 Å². The van der Waals surface area contributed by atoms with E-state index in [1.54, 1.807) is 18.3 Å². The van der Waals surface area contributed by atoms with E-state index in [4.69, 9.17) is 4.74 Å². The summed E-state index contributed by atoms with van der Waals surface area (Å²) in [6.07, 6.45) is 1.87. The molecule has 5 nitrogen and oxygen atoms in total. The van der Waals surface area contributed by atoms with Crippen LogP contribution < -0.4 is 5.32 Å². The molecule has 0 unspecified atom stereocenters. The third kappa shape index (κ3) is 2.95. The van der Waals surface area contributed by atoms with E-state index in [1.165, 1.54) is 11.2 Å². The zero-order chi connectivity index (χ0) is 13.0. The molecule has 2 heterocycles. The summed E-state index contributed by atoms with van der Waals surface area (Å²) >= 11 is 1.63. The molecule has 0 fully saturated rings. The smallest absolute Gasteiger partial charge is 0.307 e. The highest BCUT2D eigenvalue weighted by molar-refractivity contribution is 7.18. The van der Waals surface area contributed by atoms with E-state index in [1.807, 2.05) is 13.0 Å². The van der Waals surface area contributed by atoms with Gasteiger partial charge in [0.15, 0.2) is 0 Å². The Kier molecular flexibility index (Phi) is 4.09. The molecular formula is C12H15N3O2S. The second-order valence-electron chi connectivity index (χ2n) is 3.78. The summed E-state index contributed by atoms with van der Waals surface area (Å²) in [5.41, 5.74) is 0. The molecule has 0 spiro atoms. The van der Waals surface area contributed by atoms with Crippen molar-refractivity contribution in [3.8, 4) is 0 Å². The van der Waals surface area contributed by atoms with Gasteiger partial charge in [0.1, 0.15) is 17.0 Å². The van der Waals surface area contributed by atoms with Crippen molar-refractivity contribution in [3.05, 3.63) is 17.3 Å². The molecule has 1 N–H and O–H groups in total. The number of carbonyl (C=O) groups is 1. The van der Waals surface area contributed by atoms with Gasteiger partial charge in [-0.1, -0.05) is 0 Å². The Labute approximate surface area is 109 Å². The van der Waals surface area contributed by atoms with Crippen LogP contribution in [0.3, 0.4) is 0 Å². The number of aromatic nitrogens is 2. The molecule has 0 aliphatic rings. The number of nitrogens with zero attached hydrogens (tertiary/aromatic N) is 2. The number of esters is 1. The van der Waals surface area contributed by atoms with Crippen LogP contribution in [0.2, 0.25) is 0 Å². The number of ether oxygens (including phenoxy) is 1. The van der Waals surface area contributed by atoms with Crippen LogP contribution in [-0.4, -0.2) is 29.1 Å². The van der Waals surface area contributed by atoms with Crippen LogP contribution in [0.4, 0.5) is 5.82 Å². The van der Waals surface area contributed by atoms with Crippen molar-refractivity contribution in [1.82, 2.24) is 9.97 Å². The van der Waals surface area contributed by atoms with E-state index in [9.17, 15) is 4.79 Å². The Morgan fingerprint density at radius 1 is 1.50 bits per heavy atom. The van der Waals surface area contributed by atoms with Gasteiger partial charge in [-0.25, -0.2) is 9.97 Å². The second kappa shape index (κ2) is 5.77. The van der Waals surface area contributed by atoms with Crippen molar-refractivity contribution >= 4 is 33.3 Å². The molecule has 0 radical (unpaired) electrons. The monoisotopic (exact) mass is 265 g/mol. The number of fused-ring (bicyclic) bond motifs is 1. The van der Waals surface area contributed by atoms with Gasteiger partial charge >= 0.3 is 5.97 Å². The summed E-state index contributed by atoms with van der Waals surface area (Å²) in [7, 11) is 0. The van der Waals surface area contributed by atoms with Crippen LogP contribution in [0.5, 0.6) is 0 Å². The van der Waals surface area contributed by atoms with Gasteiger partial charge in [-0.05, 0) is 19.9 Å². The fourth-order valence-corrected chi connectivity index (χ4v) is 2.48. The van der Waals surface area contributed by atoms with Gasteiger partial charge in [-0.3, -0.25) is 4.79 Å². The molecule has 0 saturated carbocycles. The number of nitrogens with one attached hydrogen (secondary N) is 1. The molecule has 0 amide bonds. The lowest BCUT2D eigenvalue weighted by atomic mass is 10.3. The Morgan fingerprint density at radius 3 is 3.11 bits per heavy atom. The molecule has 0 bridgehead atoms. The first kappa shape index (κ1) is 12.8. The Bertz CT molecular complexity index is 553. The number of carbonyl (C=O) groups excluding carboxylic acids is 1. The number of thiophene rings is 1. The molecule has 0 aliphatic heterocycles. The minimum absolute atomic E-state index is 0.197. The number of aryl methyl sites for hydroxylation is 1. The zero-order valence-electron chi connectivity index (χ0n) is 10.4. The van der Waals surface area contributed by atoms with Gasteiger partial charge in [-0.15, -0.1) is 11.3 Å². The quantitative estimate of drug-likeness (QED) is 0.841. The summed E-state index contributed by atoms with van der Waals surface area (Å²) < 4.78 is 4.86. The van der Waals surface area contributed by atoms with E-state index < -0.39 is 0 Å². The molecular weight excluding hydrogens is 250 g/mol. The van der Waals surface area contributed by atoms with Gasteiger partial charge in [0.2, 0.25) is 0 Å². The van der Waals surface area contributed by atoms with Crippen LogP contribution in [0.1, 0.15) is 18.2 Å². The first-order chi connectivity index (χ1) is 8.70. The van der Waals surface area contributed by atoms with Crippen molar-refractivity contribution in [2.75, 3.05) is 18.5 Å². The number of hydrogen-bond acceptors (Lipinski definition) is 6. The van der Waals surface area contributed by atoms with Crippen LogP contribution in [0.15, 0.2) is 12.4 Å². The average molecular weight is 265 g/mol. The minimum Gasteiger partial charge on any atom is -0.466 e. The van der Waals surface area contributed by atoms with Gasteiger partial charge in [0, 0.05) is 11.4 Å². The van der Waals surface area contributed by atoms with E-state index in [0.717, 1.165) is 16.0 Å². The molecule has 2 rings (SSSR count). The molecule has 0 aliphatic carbocycles. The van der Waals surface area contributed by atoms with Crippen molar-refractivity contribution in [2.24, 2.45) is 0 Å². The third-order valence-electron chi connectivity index (χ3n) is 2.38. The Balaban J connectivity index is 2.01. The van der Waals surface area contributed by atoms with Crippen molar-refractivity contribution in [1.29, 1.82) is 0 Å². The lowest BCUT2D eigenvalue weighted by Gasteiger charge is -2.05. The molecule has 6 heteroatoms. The highest BCUT2D eigenvalue weighted by Crippen LogP contribution is 2.27. The largest absolute Gasteiger partial charge is 0.466 e. The Morgan fingerprint density at radius 2 is 2.33 bits per heavy atom. The minimum atomic E-state index is -0.197. The fourth-order valence-electron chi connectivity index (χ4n) is 1.63. The topological polar surface area (TPSA) is 64.1 Å². The summed E-state index contributed by atoms with van der Waals surface area (Å²) in [6.45, 7) is 4.77. The maximum absolute atomic E-state index is 11.2. The standard InChI is InChI=1S/C12H15N3O2S/c1-3-17-10(16)4-5-13-11-9-6-8(2)18-12(9)15-7-14-11/h6-7H,3-5H2,1-2H3,(H,13,14,15). The second-order valence-corrected chi connectivity index (χ2v) is 5.01. The fraction of sp³-hybridized carbons (Fsp3) is 0.417. The van der Waals surface area contributed by atoms with Crippen molar-refractivity contribution in [3.63, 3.8) is 0 Å². The molecule has 0 saturated heterocycles. The molecule has 0 atom stereocenters. The molecule has 18 heavy (non-hydrogen) atoms. The number of rotatable bonds is 5. The lowest BCUT2D eigenvalue weighted by Crippen LogP contribution is -2.12. The van der Waals surface area contributed by atoms with Gasteiger partial charge in [0.05, 0.1) is 18.4 Å². The number of anilines is 1. The lowest BCUT2D eigenvalue weighted by molar-refractivity contribution is -0.142. The van der Waals surface area contributed by atoms with E-state index in [2.05, 4.69) is 15.3 Å². The highest BCUT2D eigenvalue weighted by atomic mass is 32.1. The maximum atomic E-state index is 11.2. The Hall–Kier alpha value is -1.69. The predicted octanol–water partition coefficient (Wildman–Crippen LogP) is 2.36. The summed E-state index contributed by atoms with van der Waals surface area (Å²) in [6, 6.07) is 2.05. The molecule has 2 aromatic heterocycles. The SMILES string of the molecule is CCOC(=O)CCNc1ncnc2sc(C)cc12. The highest BCUT2D eigenvalue weighted by Gasteiger charge is 2.07. The van der Waals surface area contributed by atoms with E-state index in [0.29, 0.717) is 19.6 Å². The summed E-state index contributed by atoms with van der Waals surface area (Å²) in [5, 5.41) is 4.15. The summed E-state index contributed by atoms with van der Waals surface area (Å²) in [4.78, 5) is 21.8. The van der Waals surface area contributed by atoms with E-state index >= 15 is 0 Å². The molecule has 96 valence electrons. The van der Waals surface area contributed by atoms with Crippen LogP contribution in [0, 0.1) is 6.92 Å². The average Bonchev–Trinajstić information content (AvgIpc) is 2.70. The summed E-state index contributed by atoms with van der Waals surface area (Å²) in [5.74, 6) is 0.574. The van der Waals surface area contributed by atoms with Crippen LogP contribution in [-0.2, 0) is 9.53 Å². The normalized spacial score (nSPS) is 10.6. The van der Waals surface area contributed by atoms with Crippen molar-refractivity contribution < 1.29 is 9.53 Å². The first-order valence-electron chi connectivity index (χ1n) is 5.81. The van der Waals surface area contributed by atoms with Crippen molar-refractivity contribution in [2.45, 2.75) is 20.3 Å². The third-order valence-corrected chi connectivity index (χ3v) is 3.34. The maximum Gasteiger partial charge on any atom is 0.307 e. The molecule has 2 aromatic rings. The van der Waals surface area contributed by atoms with E-state index in [-0.39, 0.29) is 5.97 Å². The van der Waals surface area contributed by atoms with Gasteiger partial charge in [-0.2, -0.15) is 0 Å². The number of hydrogen-bond donors (Lipinski definition) is 1. The molecule has 0 aromatic carbocycles.